The van der Waals surface area contributed by atoms with Crippen molar-refractivity contribution in [1.29, 1.82) is 0 Å². The summed E-state index contributed by atoms with van der Waals surface area (Å²) in [4.78, 5) is 12.4. The highest BCUT2D eigenvalue weighted by atomic mass is 19.1. The molecule has 0 N–H and O–H groups in total. The molecule has 2 aromatic carbocycles. The summed E-state index contributed by atoms with van der Waals surface area (Å²) in [6.07, 6.45) is 0. The molecule has 0 saturated heterocycles. The molecule has 0 bridgehead atoms. The van der Waals surface area contributed by atoms with Crippen LogP contribution in [0.3, 0.4) is 0 Å². The van der Waals surface area contributed by atoms with Gasteiger partial charge in [-0.25, -0.2) is 4.39 Å². The monoisotopic (exact) mass is 274 g/mol. The van der Waals surface area contributed by atoms with Gasteiger partial charge in [0.1, 0.15) is 17.3 Å². The molecule has 0 aliphatic rings. The molecule has 4 heteroatoms. The van der Waals surface area contributed by atoms with Gasteiger partial charge in [0.25, 0.3) is 0 Å². The van der Waals surface area contributed by atoms with Crippen LogP contribution in [0.1, 0.15) is 21.5 Å². The van der Waals surface area contributed by atoms with Crippen molar-refractivity contribution in [3.63, 3.8) is 0 Å². The van der Waals surface area contributed by atoms with Crippen LogP contribution in [0.4, 0.5) is 4.39 Å². The van der Waals surface area contributed by atoms with Crippen LogP contribution < -0.4 is 9.47 Å². The Labute approximate surface area is 117 Å². The van der Waals surface area contributed by atoms with Crippen LogP contribution in [-0.4, -0.2) is 20.0 Å². The molecule has 0 saturated carbocycles. The molecule has 0 aliphatic heterocycles. The third kappa shape index (κ3) is 2.79. The zero-order chi connectivity index (χ0) is 14.7. The zero-order valence-electron chi connectivity index (χ0n) is 11.6. The molecule has 0 amide bonds. The summed E-state index contributed by atoms with van der Waals surface area (Å²) in [6.45, 7) is 1.77. The first kappa shape index (κ1) is 14.1. The molecule has 0 radical (unpaired) electrons. The summed E-state index contributed by atoms with van der Waals surface area (Å²) in [6, 6.07) is 9.30. The van der Waals surface area contributed by atoms with Gasteiger partial charge >= 0.3 is 0 Å². The van der Waals surface area contributed by atoms with Crippen LogP contribution in [0.15, 0.2) is 36.4 Å². The molecular formula is C16H15FO3. The van der Waals surface area contributed by atoms with Crippen LogP contribution in [-0.2, 0) is 0 Å². The number of carbonyl (C=O) groups excluding carboxylic acids is 1. The Morgan fingerprint density at radius 3 is 2.10 bits per heavy atom. The van der Waals surface area contributed by atoms with Crippen molar-refractivity contribution in [1.82, 2.24) is 0 Å². The number of ketones is 1. The lowest BCUT2D eigenvalue weighted by Gasteiger charge is -2.08. The van der Waals surface area contributed by atoms with Crippen molar-refractivity contribution < 1.29 is 18.7 Å². The average Bonchev–Trinajstić information content (AvgIpc) is 2.46. The van der Waals surface area contributed by atoms with E-state index in [-0.39, 0.29) is 5.56 Å². The van der Waals surface area contributed by atoms with Gasteiger partial charge < -0.3 is 9.47 Å². The van der Waals surface area contributed by atoms with Gasteiger partial charge in [0.15, 0.2) is 5.78 Å². The van der Waals surface area contributed by atoms with Gasteiger partial charge in [0.2, 0.25) is 0 Å². The van der Waals surface area contributed by atoms with Gasteiger partial charge in [-0.3, -0.25) is 4.79 Å². The third-order valence-electron chi connectivity index (χ3n) is 2.98. The summed E-state index contributed by atoms with van der Waals surface area (Å²) in [5, 5.41) is 0. The summed E-state index contributed by atoms with van der Waals surface area (Å²) < 4.78 is 24.1. The molecule has 104 valence electrons. The maximum atomic E-state index is 13.9. The largest absolute Gasteiger partial charge is 0.497 e. The molecule has 20 heavy (non-hydrogen) atoms. The van der Waals surface area contributed by atoms with Gasteiger partial charge in [0.05, 0.1) is 19.8 Å². The fraction of sp³-hybridized carbons (Fsp3) is 0.188. The number of halogens is 1. The van der Waals surface area contributed by atoms with Crippen molar-refractivity contribution >= 4 is 5.78 Å². The highest BCUT2D eigenvalue weighted by Crippen LogP contribution is 2.25. The van der Waals surface area contributed by atoms with E-state index in [0.717, 1.165) is 5.56 Å². The molecule has 0 heterocycles. The van der Waals surface area contributed by atoms with Gasteiger partial charge in [-0.1, -0.05) is 6.07 Å². The second-order valence-corrected chi connectivity index (χ2v) is 4.41. The van der Waals surface area contributed by atoms with E-state index in [1.54, 1.807) is 31.2 Å². The van der Waals surface area contributed by atoms with Crippen LogP contribution in [0, 0.1) is 12.7 Å². The Balaban J connectivity index is 2.47. The normalized spacial score (nSPS) is 10.2. The quantitative estimate of drug-likeness (QED) is 0.802. The number of rotatable bonds is 4. The van der Waals surface area contributed by atoms with E-state index in [4.69, 9.17) is 9.47 Å². The van der Waals surface area contributed by atoms with E-state index < -0.39 is 11.6 Å². The predicted octanol–water partition coefficient (Wildman–Crippen LogP) is 3.38. The summed E-state index contributed by atoms with van der Waals surface area (Å²) in [5.74, 6) is 0.0388. The molecule has 0 fully saturated rings. The molecule has 3 nitrogen and oxygen atoms in total. The van der Waals surface area contributed by atoms with Crippen molar-refractivity contribution in [3.8, 4) is 11.5 Å². The van der Waals surface area contributed by atoms with E-state index in [0.29, 0.717) is 17.1 Å². The Morgan fingerprint density at radius 2 is 1.60 bits per heavy atom. The minimum absolute atomic E-state index is 0.0332. The number of ether oxygens (including phenoxy) is 2. The molecule has 0 atom stereocenters. The molecule has 2 rings (SSSR count). The van der Waals surface area contributed by atoms with Crippen molar-refractivity contribution in [2.24, 2.45) is 0 Å². The van der Waals surface area contributed by atoms with Crippen molar-refractivity contribution in [2.75, 3.05) is 14.2 Å². The first-order chi connectivity index (χ1) is 9.55. The Hall–Kier alpha value is -2.36. The molecule has 0 spiro atoms. The summed E-state index contributed by atoms with van der Waals surface area (Å²) in [5.41, 5.74) is 1.12. The molecular weight excluding hydrogens is 259 g/mol. The van der Waals surface area contributed by atoms with Gasteiger partial charge in [-0.2, -0.15) is 0 Å². The smallest absolute Gasteiger partial charge is 0.196 e. The molecule has 0 aromatic heterocycles. The second-order valence-electron chi connectivity index (χ2n) is 4.41. The number of hydrogen-bond acceptors (Lipinski definition) is 3. The lowest BCUT2D eigenvalue weighted by molar-refractivity contribution is 0.103. The number of aryl methyl sites for hydroxylation is 1. The number of carbonyl (C=O) groups is 1. The third-order valence-corrected chi connectivity index (χ3v) is 2.98. The minimum atomic E-state index is -0.531. The Bertz CT molecular complexity index is 628. The lowest BCUT2D eigenvalue weighted by atomic mass is 10.0. The van der Waals surface area contributed by atoms with E-state index in [1.165, 1.54) is 26.4 Å². The van der Waals surface area contributed by atoms with Crippen LogP contribution >= 0.6 is 0 Å². The number of benzene rings is 2. The van der Waals surface area contributed by atoms with Crippen molar-refractivity contribution in [2.45, 2.75) is 6.92 Å². The van der Waals surface area contributed by atoms with Gasteiger partial charge in [-0.15, -0.1) is 0 Å². The Kier molecular flexibility index (Phi) is 4.03. The minimum Gasteiger partial charge on any atom is -0.497 e. The van der Waals surface area contributed by atoms with E-state index in [9.17, 15) is 9.18 Å². The first-order valence-corrected chi connectivity index (χ1v) is 6.09. The van der Waals surface area contributed by atoms with E-state index >= 15 is 0 Å². The standard InChI is InChI=1S/C16H15FO3/c1-10-4-5-14(15(17)6-10)16(18)11-7-12(19-2)9-13(8-11)20-3/h4-9H,1-3H3. The van der Waals surface area contributed by atoms with Crippen molar-refractivity contribution in [3.05, 3.63) is 58.9 Å². The van der Waals surface area contributed by atoms with Crippen LogP contribution in [0.25, 0.3) is 0 Å². The summed E-state index contributed by atoms with van der Waals surface area (Å²) >= 11 is 0. The van der Waals surface area contributed by atoms with E-state index in [1.807, 2.05) is 0 Å². The first-order valence-electron chi connectivity index (χ1n) is 6.09. The van der Waals surface area contributed by atoms with Gasteiger partial charge in [-0.05, 0) is 36.8 Å². The van der Waals surface area contributed by atoms with Crippen LogP contribution in [0.2, 0.25) is 0 Å². The maximum Gasteiger partial charge on any atom is 0.196 e. The maximum absolute atomic E-state index is 13.9. The predicted molar refractivity (Wildman–Crippen MR) is 74.1 cm³/mol. The lowest BCUT2D eigenvalue weighted by Crippen LogP contribution is -2.05. The second kappa shape index (κ2) is 5.74. The topological polar surface area (TPSA) is 35.5 Å². The zero-order valence-corrected chi connectivity index (χ0v) is 11.6. The van der Waals surface area contributed by atoms with E-state index in [2.05, 4.69) is 0 Å². The highest BCUT2D eigenvalue weighted by molar-refractivity contribution is 6.09. The molecule has 0 unspecified atom stereocenters. The molecule has 2 aromatic rings. The number of methoxy groups -OCH3 is 2. The number of hydrogen-bond donors (Lipinski definition) is 0. The fourth-order valence-corrected chi connectivity index (χ4v) is 1.90. The summed E-state index contributed by atoms with van der Waals surface area (Å²) in [7, 11) is 2.99. The Morgan fingerprint density at radius 1 is 1.00 bits per heavy atom. The molecule has 0 aliphatic carbocycles. The van der Waals surface area contributed by atoms with Gasteiger partial charge in [0, 0.05) is 11.6 Å². The average molecular weight is 274 g/mol. The van der Waals surface area contributed by atoms with Crippen LogP contribution in [0.5, 0.6) is 11.5 Å². The fourth-order valence-electron chi connectivity index (χ4n) is 1.90. The highest BCUT2D eigenvalue weighted by Gasteiger charge is 2.16. The SMILES string of the molecule is COc1cc(OC)cc(C(=O)c2ccc(C)cc2F)c1.